The van der Waals surface area contributed by atoms with E-state index in [1.165, 1.54) is 22.3 Å². The molecule has 0 aliphatic carbocycles. The van der Waals surface area contributed by atoms with Crippen LogP contribution in [0.5, 0.6) is 0 Å². The smallest absolute Gasteiger partial charge is 0.0410 e. The summed E-state index contributed by atoms with van der Waals surface area (Å²) in [5, 5.41) is 0. The van der Waals surface area contributed by atoms with Crippen LogP contribution < -0.4 is 5.73 Å². The summed E-state index contributed by atoms with van der Waals surface area (Å²) >= 11 is 0. The highest BCUT2D eigenvalue weighted by atomic mass is 15.1. The molecule has 2 N–H and O–H groups in total. The van der Waals surface area contributed by atoms with Gasteiger partial charge in [-0.15, -0.1) is 0 Å². The number of hydrogen-bond acceptors (Lipinski definition) is 2. The average molecular weight is 248 g/mol. The van der Waals surface area contributed by atoms with Gasteiger partial charge in [-0.2, -0.15) is 0 Å². The molecule has 0 saturated heterocycles. The fraction of sp³-hybridized carbons (Fsp3) is 0.625. The molecule has 2 heteroatoms. The van der Waals surface area contributed by atoms with E-state index >= 15 is 0 Å². The van der Waals surface area contributed by atoms with Crippen LogP contribution in [-0.4, -0.2) is 25.5 Å². The van der Waals surface area contributed by atoms with E-state index in [9.17, 15) is 0 Å². The van der Waals surface area contributed by atoms with E-state index in [-0.39, 0.29) is 5.41 Å². The lowest BCUT2D eigenvalue weighted by Gasteiger charge is -2.40. The van der Waals surface area contributed by atoms with Gasteiger partial charge < -0.3 is 10.6 Å². The molecule has 1 atom stereocenters. The average Bonchev–Trinajstić information content (AvgIpc) is 2.22. The zero-order valence-corrected chi connectivity index (χ0v) is 13.0. The van der Waals surface area contributed by atoms with Crippen LogP contribution in [-0.2, 0) is 0 Å². The van der Waals surface area contributed by atoms with Gasteiger partial charge in [0.25, 0.3) is 0 Å². The van der Waals surface area contributed by atoms with Crippen LogP contribution in [0.15, 0.2) is 12.1 Å². The maximum Gasteiger partial charge on any atom is 0.0410 e. The highest BCUT2D eigenvalue weighted by Crippen LogP contribution is 2.39. The molecule has 0 amide bonds. The molecule has 2 nitrogen and oxygen atoms in total. The molecule has 1 unspecified atom stereocenters. The van der Waals surface area contributed by atoms with Crippen molar-refractivity contribution in [2.75, 3.05) is 20.6 Å². The minimum absolute atomic E-state index is 0.0638. The normalized spacial score (nSPS) is 14.1. The molecule has 0 aliphatic rings. The third-order valence-electron chi connectivity index (χ3n) is 3.79. The molecule has 0 saturated carbocycles. The Morgan fingerprint density at radius 3 is 1.89 bits per heavy atom. The topological polar surface area (TPSA) is 29.3 Å². The van der Waals surface area contributed by atoms with E-state index in [1.807, 2.05) is 0 Å². The van der Waals surface area contributed by atoms with E-state index in [0.717, 1.165) is 0 Å². The van der Waals surface area contributed by atoms with Crippen molar-refractivity contribution in [2.45, 2.75) is 40.7 Å². The third-order valence-corrected chi connectivity index (χ3v) is 3.79. The number of benzene rings is 1. The molecular formula is C16H28N2. The van der Waals surface area contributed by atoms with Crippen LogP contribution in [0.1, 0.15) is 42.1 Å². The van der Waals surface area contributed by atoms with Crippen molar-refractivity contribution < 1.29 is 0 Å². The molecule has 0 fully saturated rings. The van der Waals surface area contributed by atoms with E-state index in [0.29, 0.717) is 12.6 Å². The van der Waals surface area contributed by atoms with Crippen LogP contribution >= 0.6 is 0 Å². The molecule has 0 bridgehead atoms. The van der Waals surface area contributed by atoms with Gasteiger partial charge in [-0.05, 0) is 63.5 Å². The number of rotatable bonds is 4. The first-order valence-corrected chi connectivity index (χ1v) is 6.65. The van der Waals surface area contributed by atoms with Gasteiger partial charge in [0.05, 0.1) is 0 Å². The Morgan fingerprint density at radius 2 is 1.56 bits per heavy atom. The van der Waals surface area contributed by atoms with Gasteiger partial charge in [0.1, 0.15) is 0 Å². The van der Waals surface area contributed by atoms with Gasteiger partial charge in [0.15, 0.2) is 0 Å². The summed E-state index contributed by atoms with van der Waals surface area (Å²) in [6, 6.07) is 4.89. The van der Waals surface area contributed by atoms with Gasteiger partial charge in [-0.3, -0.25) is 0 Å². The monoisotopic (exact) mass is 248 g/mol. The number of nitrogens with zero attached hydrogens (tertiary/aromatic N) is 1. The summed E-state index contributed by atoms with van der Waals surface area (Å²) < 4.78 is 0. The molecule has 0 heterocycles. The Morgan fingerprint density at radius 1 is 1.11 bits per heavy atom. The maximum absolute atomic E-state index is 5.99. The van der Waals surface area contributed by atoms with Gasteiger partial charge in [-0.1, -0.05) is 31.5 Å². The SMILES string of the molecule is Cc1cc(C)c(C(N(C)C)C(C)(C)CN)c(C)c1. The van der Waals surface area contributed by atoms with Crippen LogP contribution in [0.4, 0.5) is 0 Å². The maximum atomic E-state index is 5.99. The predicted octanol–water partition coefficient (Wildman–Crippen LogP) is 3.20. The molecule has 1 rings (SSSR count). The second kappa shape index (κ2) is 5.41. The Hall–Kier alpha value is -0.860. The van der Waals surface area contributed by atoms with Gasteiger partial charge in [-0.25, -0.2) is 0 Å². The molecule has 0 aromatic heterocycles. The molecule has 18 heavy (non-hydrogen) atoms. The first kappa shape index (κ1) is 15.2. The highest BCUT2D eigenvalue weighted by molar-refractivity contribution is 5.40. The van der Waals surface area contributed by atoms with Crippen LogP contribution in [0.2, 0.25) is 0 Å². The Bertz CT molecular complexity index is 396. The number of hydrogen-bond donors (Lipinski definition) is 1. The standard InChI is InChI=1S/C16H28N2/c1-11-8-12(2)14(13(3)9-11)15(18(6)7)16(4,5)10-17/h8-9,15H,10,17H2,1-7H3. The van der Waals surface area contributed by atoms with Crippen molar-refractivity contribution in [1.82, 2.24) is 4.90 Å². The van der Waals surface area contributed by atoms with Gasteiger partial charge in [0.2, 0.25) is 0 Å². The lowest BCUT2D eigenvalue weighted by molar-refractivity contribution is 0.142. The second-order valence-corrected chi connectivity index (χ2v) is 6.37. The fourth-order valence-corrected chi connectivity index (χ4v) is 3.08. The van der Waals surface area contributed by atoms with Crippen LogP contribution in [0.3, 0.4) is 0 Å². The van der Waals surface area contributed by atoms with E-state index < -0.39 is 0 Å². The summed E-state index contributed by atoms with van der Waals surface area (Å²) in [7, 11) is 4.28. The second-order valence-electron chi connectivity index (χ2n) is 6.37. The Labute approximate surface area is 112 Å². The van der Waals surface area contributed by atoms with E-state index in [4.69, 9.17) is 5.73 Å². The van der Waals surface area contributed by atoms with Crippen LogP contribution in [0, 0.1) is 26.2 Å². The Kier molecular flexibility index (Phi) is 4.57. The Balaban J connectivity index is 3.40. The van der Waals surface area contributed by atoms with Crippen LogP contribution in [0.25, 0.3) is 0 Å². The molecule has 0 radical (unpaired) electrons. The number of nitrogens with two attached hydrogens (primary N) is 1. The largest absolute Gasteiger partial charge is 0.330 e. The summed E-state index contributed by atoms with van der Waals surface area (Å²) in [6.45, 7) is 11.7. The van der Waals surface area contributed by atoms with Crippen molar-refractivity contribution in [1.29, 1.82) is 0 Å². The molecular weight excluding hydrogens is 220 g/mol. The zero-order chi connectivity index (χ0) is 14.1. The summed E-state index contributed by atoms with van der Waals surface area (Å²) in [5.41, 5.74) is 11.5. The van der Waals surface area contributed by atoms with Crippen molar-refractivity contribution >= 4 is 0 Å². The lowest BCUT2D eigenvalue weighted by Crippen LogP contribution is -2.39. The molecule has 102 valence electrons. The minimum atomic E-state index is 0.0638. The molecule has 1 aromatic carbocycles. The quantitative estimate of drug-likeness (QED) is 0.886. The molecule has 0 spiro atoms. The highest BCUT2D eigenvalue weighted by Gasteiger charge is 2.33. The minimum Gasteiger partial charge on any atom is -0.330 e. The van der Waals surface area contributed by atoms with Crippen molar-refractivity contribution in [3.8, 4) is 0 Å². The molecule has 1 aromatic rings. The van der Waals surface area contributed by atoms with E-state index in [2.05, 4.69) is 65.7 Å². The van der Waals surface area contributed by atoms with Crippen molar-refractivity contribution in [3.63, 3.8) is 0 Å². The van der Waals surface area contributed by atoms with E-state index in [1.54, 1.807) is 0 Å². The zero-order valence-electron chi connectivity index (χ0n) is 13.0. The summed E-state index contributed by atoms with van der Waals surface area (Å²) in [6.07, 6.45) is 0. The van der Waals surface area contributed by atoms with Crippen molar-refractivity contribution in [2.24, 2.45) is 11.1 Å². The number of aryl methyl sites for hydroxylation is 3. The summed E-state index contributed by atoms with van der Waals surface area (Å²) in [4.78, 5) is 2.29. The van der Waals surface area contributed by atoms with Crippen molar-refractivity contribution in [3.05, 3.63) is 34.4 Å². The summed E-state index contributed by atoms with van der Waals surface area (Å²) in [5.74, 6) is 0. The third kappa shape index (κ3) is 2.93. The first-order valence-electron chi connectivity index (χ1n) is 6.65. The van der Waals surface area contributed by atoms with Gasteiger partial charge in [0, 0.05) is 6.04 Å². The van der Waals surface area contributed by atoms with Gasteiger partial charge >= 0.3 is 0 Å². The predicted molar refractivity (Wildman–Crippen MR) is 79.9 cm³/mol. The lowest BCUT2D eigenvalue weighted by atomic mass is 9.76. The molecule has 0 aliphatic heterocycles. The first-order chi connectivity index (χ1) is 8.20. The fourth-order valence-electron chi connectivity index (χ4n) is 3.08.